The number of nitrogens with one attached hydrogen (secondary N) is 1. The molecule has 1 unspecified atom stereocenters. The number of ether oxygens (including phenoxy) is 1. The summed E-state index contributed by atoms with van der Waals surface area (Å²) in [5, 5.41) is 22.4. The van der Waals surface area contributed by atoms with Gasteiger partial charge in [-0.2, -0.15) is 0 Å². The van der Waals surface area contributed by atoms with E-state index in [1.807, 2.05) is 13.0 Å². The topological polar surface area (TPSA) is 61.7 Å². The first kappa shape index (κ1) is 15.3. The molecule has 4 nitrogen and oxygen atoms in total. The van der Waals surface area contributed by atoms with Crippen LogP contribution in [0.2, 0.25) is 0 Å². The molecule has 0 heterocycles. The molecule has 0 aliphatic rings. The first-order chi connectivity index (χ1) is 8.58. The van der Waals surface area contributed by atoms with Crippen LogP contribution in [0.5, 0.6) is 11.5 Å². The molecule has 102 valence electrons. The van der Waals surface area contributed by atoms with Crippen LogP contribution in [0.4, 0.5) is 0 Å². The van der Waals surface area contributed by atoms with Gasteiger partial charge in [0.1, 0.15) is 0 Å². The molecule has 0 aliphatic heterocycles. The number of methoxy groups -OCH3 is 1. The SMILES string of the molecule is CCCC(O)CNCc1cc(Br)c(O)c(OC)c1. The highest BCUT2D eigenvalue weighted by molar-refractivity contribution is 9.10. The zero-order valence-electron chi connectivity index (χ0n) is 10.7. The number of aliphatic hydroxyl groups is 1. The summed E-state index contributed by atoms with van der Waals surface area (Å²) in [5.41, 5.74) is 0.986. The van der Waals surface area contributed by atoms with Crippen molar-refractivity contribution in [3.05, 3.63) is 22.2 Å². The van der Waals surface area contributed by atoms with E-state index in [-0.39, 0.29) is 11.9 Å². The first-order valence-electron chi connectivity index (χ1n) is 6.02. The van der Waals surface area contributed by atoms with Crippen LogP contribution < -0.4 is 10.1 Å². The van der Waals surface area contributed by atoms with Gasteiger partial charge in [0.15, 0.2) is 11.5 Å². The van der Waals surface area contributed by atoms with E-state index in [1.165, 1.54) is 7.11 Å². The molecule has 5 heteroatoms. The van der Waals surface area contributed by atoms with E-state index in [9.17, 15) is 10.2 Å². The Morgan fingerprint density at radius 3 is 2.78 bits per heavy atom. The number of phenolic OH excluding ortho intramolecular Hbond substituents is 1. The Morgan fingerprint density at radius 1 is 1.44 bits per heavy atom. The summed E-state index contributed by atoms with van der Waals surface area (Å²) in [5.74, 6) is 0.544. The molecule has 3 N–H and O–H groups in total. The Balaban J connectivity index is 2.55. The van der Waals surface area contributed by atoms with Gasteiger partial charge in [-0.3, -0.25) is 0 Å². The molecule has 0 saturated heterocycles. The fourth-order valence-corrected chi connectivity index (χ4v) is 2.19. The summed E-state index contributed by atoms with van der Waals surface area (Å²) in [6.45, 7) is 3.23. The van der Waals surface area contributed by atoms with Gasteiger partial charge in [-0.05, 0) is 40.0 Å². The van der Waals surface area contributed by atoms with Gasteiger partial charge in [0.05, 0.1) is 17.7 Å². The van der Waals surface area contributed by atoms with Crippen LogP contribution in [0.25, 0.3) is 0 Å². The molecular weight excluding hydrogens is 298 g/mol. The Bertz CT molecular complexity index is 385. The van der Waals surface area contributed by atoms with E-state index >= 15 is 0 Å². The van der Waals surface area contributed by atoms with Crippen molar-refractivity contribution in [1.29, 1.82) is 0 Å². The lowest BCUT2D eigenvalue weighted by Gasteiger charge is -2.12. The molecular formula is C13H20BrNO3. The number of rotatable bonds is 7. The second-order valence-electron chi connectivity index (χ2n) is 4.20. The highest BCUT2D eigenvalue weighted by atomic mass is 79.9. The lowest BCUT2D eigenvalue weighted by Crippen LogP contribution is -2.26. The fraction of sp³-hybridized carbons (Fsp3) is 0.538. The van der Waals surface area contributed by atoms with Gasteiger partial charge < -0.3 is 20.3 Å². The zero-order valence-corrected chi connectivity index (χ0v) is 12.3. The molecule has 0 aromatic heterocycles. The van der Waals surface area contributed by atoms with Crippen LogP contribution in [0, 0.1) is 0 Å². The first-order valence-corrected chi connectivity index (χ1v) is 6.82. The second-order valence-corrected chi connectivity index (χ2v) is 5.06. The van der Waals surface area contributed by atoms with E-state index in [0.29, 0.717) is 23.3 Å². The minimum Gasteiger partial charge on any atom is -0.503 e. The minimum atomic E-state index is -0.308. The highest BCUT2D eigenvalue weighted by Crippen LogP contribution is 2.35. The molecule has 0 saturated carbocycles. The number of hydrogen-bond acceptors (Lipinski definition) is 4. The number of halogens is 1. The van der Waals surface area contributed by atoms with Crippen molar-refractivity contribution in [2.24, 2.45) is 0 Å². The van der Waals surface area contributed by atoms with Crippen LogP contribution in [0.3, 0.4) is 0 Å². The predicted octanol–water partition coefficient (Wildman–Crippen LogP) is 2.41. The number of phenols is 1. The third-order valence-electron chi connectivity index (χ3n) is 2.64. The third-order valence-corrected chi connectivity index (χ3v) is 3.24. The van der Waals surface area contributed by atoms with Crippen molar-refractivity contribution in [2.45, 2.75) is 32.4 Å². The Labute approximate surface area is 116 Å². The molecule has 1 rings (SSSR count). The second kappa shape index (κ2) is 7.61. The zero-order chi connectivity index (χ0) is 13.5. The molecule has 0 spiro atoms. The minimum absolute atomic E-state index is 0.104. The number of aromatic hydroxyl groups is 1. The summed E-state index contributed by atoms with van der Waals surface area (Å²) in [4.78, 5) is 0. The third kappa shape index (κ3) is 4.48. The summed E-state index contributed by atoms with van der Waals surface area (Å²) >= 11 is 3.28. The fourth-order valence-electron chi connectivity index (χ4n) is 1.70. The summed E-state index contributed by atoms with van der Waals surface area (Å²) in [7, 11) is 1.52. The quantitative estimate of drug-likeness (QED) is 0.722. The average molecular weight is 318 g/mol. The van der Waals surface area contributed by atoms with Crippen LogP contribution in [0.15, 0.2) is 16.6 Å². The van der Waals surface area contributed by atoms with Crippen LogP contribution >= 0.6 is 15.9 Å². The maximum atomic E-state index is 9.67. The van der Waals surface area contributed by atoms with Gasteiger partial charge in [0.2, 0.25) is 0 Å². The Morgan fingerprint density at radius 2 is 2.17 bits per heavy atom. The lowest BCUT2D eigenvalue weighted by atomic mass is 10.2. The maximum Gasteiger partial charge on any atom is 0.172 e. The van der Waals surface area contributed by atoms with Gasteiger partial charge in [0.25, 0.3) is 0 Å². The molecule has 0 bridgehead atoms. The number of hydrogen-bond donors (Lipinski definition) is 3. The van der Waals surface area contributed by atoms with Crippen LogP contribution in [0.1, 0.15) is 25.3 Å². The normalized spacial score (nSPS) is 12.4. The molecule has 0 fully saturated rings. The maximum absolute atomic E-state index is 9.67. The molecule has 1 atom stereocenters. The van der Waals surface area contributed by atoms with E-state index in [0.717, 1.165) is 18.4 Å². The largest absolute Gasteiger partial charge is 0.503 e. The summed E-state index contributed by atoms with van der Waals surface area (Å²) < 4.78 is 5.68. The molecule has 0 amide bonds. The standard InChI is InChI=1S/C13H20BrNO3/c1-3-4-10(16)8-15-7-9-5-11(14)13(17)12(6-9)18-2/h5-6,10,15-17H,3-4,7-8H2,1-2H3. The van der Waals surface area contributed by atoms with Crippen molar-refractivity contribution >= 4 is 15.9 Å². The number of benzene rings is 1. The Hall–Kier alpha value is -0.780. The van der Waals surface area contributed by atoms with Gasteiger partial charge in [-0.1, -0.05) is 13.3 Å². The van der Waals surface area contributed by atoms with Crippen LogP contribution in [-0.4, -0.2) is 30.0 Å². The van der Waals surface area contributed by atoms with Crippen molar-refractivity contribution in [3.63, 3.8) is 0 Å². The van der Waals surface area contributed by atoms with Gasteiger partial charge in [-0.15, -0.1) is 0 Å². The number of aliphatic hydroxyl groups excluding tert-OH is 1. The Kier molecular flexibility index (Phi) is 6.46. The summed E-state index contributed by atoms with van der Waals surface area (Å²) in [6.07, 6.45) is 1.47. The predicted molar refractivity (Wildman–Crippen MR) is 75.0 cm³/mol. The van der Waals surface area contributed by atoms with Crippen molar-refractivity contribution < 1.29 is 14.9 Å². The average Bonchev–Trinajstić information content (AvgIpc) is 2.33. The van der Waals surface area contributed by atoms with Gasteiger partial charge in [-0.25, -0.2) is 0 Å². The molecule has 18 heavy (non-hydrogen) atoms. The highest BCUT2D eigenvalue weighted by Gasteiger charge is 2.09. The van der Waals surface area contributed by atoms with Gasteiger partial charge in [0, 0.05) is 13.1 Å². The smallest absolute Gasteiger partial charge is 0.172 e. The van der Waals surface area contributed by atoms with Crippen molar-refractivity contribution in [2.75, 3.05) is 13.7 Å². The van der Waals surface area contributed by atoms with E-state index in [4.69, 9.17) is 4.74 Å². The lowest BCUT2D eigenvalue weighted by molar-refractivity contribution is 0.160. The van der Waals surface area contributed by atoms with Crippen LogP contribution in [-0.2, 0) is 6.54 Å². The van der Waals surface area contributed by atoms with E-state index in [1.54, 1.807) is 6.07 Å². The van der Waals surface area contributed by atoms with E-state index in [2.05, 4.69) is 21.2 Å². The van der Waals surface area contributed by atoms with E-state index < -0.39 is 0 Å². The summed E-state index contributed by atoms with van der Waals surface area (Å²) in [6, 6.07) is 3.61. The van der Waals surface area contributed by atoms with Crippen molar-refractivity contribution in [3.8, 4) is 11.5 Å². The molecule has 1 aromatic carbocycles. The van der Waals surface area contributed by atoms with Gasteiger partial charge >= 0.3 is 0 Å². The molecule has 1 aromatic rings. The molecule has 0 radical (unpaired) electrons. The van der Waals surface area contributed by atoms with Crippen molar-refractivity contribution in [1.82, 2.24) is 5.32 Å². The molecule has 0 aliphatic carbocycles. The monoisotopic (exact) mass is 317 g/mol.